The number of aromatic amines is 1. The van der Waals surface area contributed by atoms with Gasteiger partial charge in [-0.25, -0.2) is 4.98 Å². The summed E-state index contributed by atoms with van der Waals surface area (Å²) in [6, 6.07) is 7.79. The number of esters is 1. The molecule has 0 amide bonds. The van der Waals surface area contributed by atoms with Crippen molar-refractivity contribution in [1.82, 2.24) is 9.97 Å². The third-order valence-electron chi connectivity index (χ3n) is 2.65. The number of anilines is 1. The number of hydrogen-bond acceptors (Lipinski definition) is 4. The predicted octanol–water partition coefficient (Wildman–Crippen LogP) is 2.17. The number of hydrogen-bond donors (Lipinski definition) is 2. The summed E-state index contributed by atoms with van der Waals surface area (Å²) in [5.41, 5.74) is 1.88. The van der Waals surface area contributed by atoms with Crippen molar-refractivity contribution in [3.05, 3.63) is 24.3 Å². The molecule has 0 aliphatic heterocycles. The molecular weight excluding hydrogens is 230 g/mol. The van der Waals surface area contributed by atoms with Crippen molar-refractivity contribution in [3.63, 3.8) is 0 Å². The zero-order valence-corrected chi connectivity index (χ0v) is 10.6. The van der Waals surface area contributed by atoms with Gasteiger partial charge in [-0.1, -0.05) is 19.1 Å². The lowest BCUT2D eigenvalue weighted by Crippen LogP contribution is -2.22. The molecule has 0 fully saturated rings. The number of aromatic nitrogens is 2. The second-order valence-corrected chi connectivity index (χ2v) is 4.14. The van der Waals surface area contributed by atoms with E-state index in [1.807, 2.05) is 31.2 Å². The largest absolute Gasteiger partial charge is 0.466 e. The Morgan fingerprint density at radius 2 is 2.28 bits per heavy atom. The van der Waals surface area contributed by atoms with E-state index in [4.69, 9.17) is 4.74 Å². The highest BCUT2D eigenvalue weighted by Crippen LogP contribution is 2.13. The zero-order chi connectivity index (χ0) is 13.0. The summed E-state index contributed by atoms with van der Waals surface area (Å²) < 4.78 is 4.94. The molecule has 1 aromatic heterocycles. The number of rotatable bonds is 5. The van der Waals surface area contributed by atoms with E-state index in [-0.39, 0.29) is 11.9 Å². The summed E-state index contributed by atoms with van der Waals surface area (Å²) in [4.78, 5) is 19.0. The van der Waals surface area contributed by atoms with Gasteiger partial charge in [0, 0.05) is 6.54 Å². The van der Waals surface area contributed by atoms with Crippen molar-refractivity contribution < 1.29 is 9.53 Å². The smallest absolute Gasteiger partial charge is 0.310 e. The van der Waals surface area contributed by atoms with Gasteiger partial charge in [-0.05, 0) is 19.1 Å². The standard InChI is InChI=1S/C13H17N3O2/c1-3-18-12(17)9(2)8-14-13-15-10-6-4-5-7-11(10)16-13/h4-7,9H,3,8H2,1-2H3,(H2,14,15,16). The second-order valence-electron chi connectivity index (χ2n) is 4.14. The number of benzene rings is 1. The summed E-state index contributed by atoms with van der Waals surface area (Å²) in [6.45, 7) is 4.54. The molecule has 96 valence electrons. The Hall–Kier alpha value is -2.04. The van der Waals surface area contributed by atoms with E-state index in [0.717, 1.165) is 11.0 Å². The van der Waals surface area contributed by atoms with Gasteiger partial charge < -0.3 is 15.0 Å². The van der Waals surface area contributed by atoms with Crippen molar-refractivity contribution >= 4 is 23.0 Å². The van der Waals surface area contributed by atoms with Crippen LogP contribution in [0.3, 0.4) is 0 Å². The van der Waals surface area contributed by atoms with Gasteiger partial charge in [0.15, 0.2) is 0 Å². The number of fused-ring (bicyclic) bond motifs is 1. The monoisotopic (exact) mass is 247 g/mol. The van der Waals surface area contributed by atoms with E-state index in [0.29, 0.717) is 19.1 Å². The number of H-pyrrole nitrogens is 1. The molecule has 0 spiro atoms. The molecule has 0 aliphatic carbocycles. The van der Waals surface area contributed by atoms with Gasteiger partial charge in [-0.2, -0.15) is 0 Å². The Bertz CT molecular complexity index is 503. The van der Waals surface area contributed by atoms with Gasteiger partial charge >= 0.3 is 5.97 Å². The van der Waals surface area contributed by atoms with Gasteiger partial charge in [0.05, 0.1) is 23.6 Å². The van der Waals surface area contributed by atoms with Crippen LogP contribution in [-0.2, 0) is 9.53 Å². The number of imidazole rings is 1. The first-order valence-corrected chi connectivity index (χ1v) is 6.06. The highest BCUT2D eigenvalue weighted by Gasteiger charge is 2.14. The van der Waals surface area contributed by atoms with Crippen LogP contribution >= 0.6 is 0 Å². The Kier molecular flexibility index (Phi) is 3.82. The number of nitrogens with zero attached hydrogens (tertiary/aromatic N) is 1. The van der Waals surface area contributed by atoms with Crippen LogP contribution in [0.5, 0.6) is 0 Å². The minimum absolute atomic E-state index is 0.193. The van der Waals surface area contributed by atoms with Crippen LogP contribution in [0.15, 0.2) is 24.3 Å². The third kappa shape index (κ3) is 2.80. The third-order valence-corrected chi connectivity index (χ3v) is 2.65. The molecule has 0 radical (unpaired) electrons. The predicted molar refractivity (Wildman–Crippen MR) is 70.4 cm³/mol. The highest BCUT2D eigenvalue weighted by molar-refractivity contribution is 5.77. The maximum Gasteiger partial charge on any atom is 0.310 e. The van der Waals surface area contributed by atoms with Gasteiger partial charge in [0.1, 0.15) is 0 Å². The Balaban J connectivity index is 1.95. The number of carbonyl (C=O) groups excluding carboxylic acids is 1. The molecule has 0 bridgehead atoms. The fraction of sp³-hybridized carbons (Fsp3) is 0.385. The normalized spacial score (nSPS) is 12.3. The summed E-state index contributed by atoms with van der Waals surface area (Å²) >= 11 is 0. The van der Waals surface area contributed by atoms with E-state index in [2.05, 4.69) is 15.3 Å². The first-order chi connectivity index (χ1) is 8.70. The van der Waals surface area contributed by atoms with Crippen LogP contribution in [0.1, 0.15) is 13.8 Å². The zero-order valence-electron chi connectivity index (χ0n) is 10.6. The molecule has 5 nitrogen and oxygen atoms in total. The minimum Gasteiger partial charge on any atom is -0.466 e. The first-order valence-electron chi connectivity index (χ1n) is 6.06. The van der Waals surface area contributed by atoms with E-state index in [9.17, 15) is 4.79 Å². The molecule has 2 aromatic rings. The molecule has 1 heterocycles. The maximum absolute atomic E-state index is 11.4. The Labute approximate surface area is 106 Å². The quantitative estimate of drug-likeness (QED) is 0.795. The fourth-order valence-corrected chi connectivity index (χ4v) is 1.65. The summed E-state index contributed by atoms with van der Waals surface area (Å²) in [6.07, 6.45) is 0. The first kappa shape index (κ1) is 12.4. The lowest BCUT2D eigenvalue weighted by atomic mass is 10.2. The topological polar surface area (TPSA) is 67.0 Å². The SMILES string of the molecule is CCOC(=O)C(C)CNc1nc2ccccc2[nH]1. The molecule has 2 rings (SSSR count). The lowest BCUT2D eigenvalue weighted by molar-refractivity contribution is -0.146. The van der Waals surface area contributed by atoms with Gasteiger partial charge in [0.25, 0.3) is 0 Å². The summed E-state index contributed by atoms with van der Waals surface area (Å²) in [5, 5.41) is 3.11. The van der Waals surface area contributed by atoms with E-state index >= 15 is 0 Å². The van der Waals surface area contributed by atoms with Crippen molar-refractivity contribution in [1.29, 1.82) is 0 Å². The number of para-hydroxylation sites is 2. The molecule has 2 N–H and O–H groups in total. The van der Waals surface area contributed by atoms with Gasteiger partial charge in [0.2, 0.25) is 5.95 Å². The Morgan fingerprint density at radius 1 is 1.50 bits per heavy atom. The summed E-state index contributed by atoms with van der Waals surface area (Å²) in [7, 11) is 0. The van der Waals surface area contributed by atoms with Crippen LogP contribution in [0.25, 0.3) is 11.0 Å². The molecule has 18 heavy (non-hydrogen) atoms. The van der Waals surface area contributed by atoms with Gasteiger partial charge in [-0.3, -0.25) is 4.79 Å². The Morgan fingerprint density at radius 3 is 3.00 bits per heavy atom. The number of ether oxygens (including phenoxy) is 1. The average molecular weight is 247 g/mol. The van der Waals surface area contributed by atoms with Gasteiger partial charge in [-0.15, -0.1) is 0 Å². The van der Waals surface area contributed by atoms with Crippen LogP contribution in [-0.4, -0.2) is 29.1 Å². The maximum atomic E-state index is 11.4. The fourth-order valence-electron chi connectivity index (χ4n) is 1.65. The highest BCUT2D eigenvalue weighted by atomic mass is 16.5. The number of carbonyl (C=O) groups is 1. The molecular formula is C13H17N3O2. The van der Waals surface area contributed by atoms with Crippen LogP contribution in [0.4, 0.5) is 5.95 Å². The molecule has 1 aromatic carbocycles. The second kappa shape index (κ2) is 5.53. The van der Waals surface area contributed by atoms with Crippen LogP contribution in [0.2, 0.25) is 0 Å². The van der Waals surface area contributed by atoms with Crippen molar-refractivity contribution in [3.8, 4) is 0 Å². The molecule has 0 saturated carbocycles. The average Bonchev–Trinajstić information content (AvgIpc) is 2.78. The van der Waals surface area contributed by atoms with Crippen molar-refractivity contribution in [2.45, 2.75) is 13.8 Å². The number of nitrogens with one attached hydrogen (secondary N) is 2. The molecule has 5 heteroatoms. The molecule has 1 atom stereocenters. The van der Waals surface area contributed by atoms with E-state index < -0.39 is 0 Å². The van der Waals surface area contributed by atoms with Crippen molar-refractivity contribution in [2.24, 2.45) is 5.92 Å². The molecule has 1 unspecified atom stereocenters. The van der Waals surface area contributed by atoms with E-state index in [1.165, 1.54) is 0 Å². The van der Waals surface area contributed by atoms with E-state index in [1.54, 1.807) is 6.92 Å². The lowest BCUT2D eigenvalue weighted by Gasteiger charge is -2.10. The van der Waals surface area contributed by atoms with Crippen molar-refractivity contribution in [2.75, 3.05) is 18.5 Å². The van der Waals surface area contributed by atoms with Crippen LogP contribution in [0, 0.1) is 5.92 Å². The van der Waals surface area contributed by atoms with Crippen LogP contribution < -0.4 is 5.32 Å². The minimum atomic E-state index is -0.196. The molecule has 0 saturated heterocycles. The summed E-state index contributed by atoms with van der Waals surface area (Å²) in [5.74, 6) is 0.284. The molecule has 0 aliphatic rings.